The van der Waals surface area contributed by atoms with E-state index in [0.29, 0.717) is 31.3 Å². The molecule has 0 saturated carbocycles. The SMILES string of the molecule is O=C(O)CC1COCCN1C(=O)CCc1nc(-c2ccncc2)no1. The zero-order chi connectivity index (χ0) is 17.6. The van der Waals surface area contributed by atoms with Gasteiger partial charge in [-0.15, -0.1) is 0 Å². The number of carboxylic acids is 1. The first-order valence-electron chi connectivity index (χ1n) is 7.95. The largest absolute Gasteiger partial charge is 0.481 e. The maximum absolute atomic E-state index is 12.4. The van der Waals surface area contributed by atoms with E-state index in [4.69, 9.17) is 14.4 Å². The van der Waals surface area contributed by atoms with Crippen LogP contribution in [0.4, 0.5) is 0 Å². The van der Waals surface area contributed by atoms with Crippen LogP contribution in [0.2, 0.25) is 0 Å². The maximum Gasteiger partial charge on any atom is 0.305 e. The average molecular weight is 346 g/mol. The number of carbonyl (C=O) groups excluding carboxylic acids is 1. The Kier molecular flexibility index (Phi) is 5.34. The number of hydrogen-bond acceptors (Lipinski definition) is 7. The van der Waals surface area contributed by atoms with Crippen LogP contribution in [0.3, 0.4) is 0 Å². The third-order valence-electron chi connectivity index (χ3n) is 3.92. The highest BCUT2D eigenvalue weighted by Gasteiger charge is 2.29. The van der Waals surface area contributed by atoms with Crippen molar-refractivity contribution in [3.63, 3.8) is 0 Å². The molecule has 3 heterocycles. The summed E-state index contributed by atoms with van der Waals surface area (Å²) in [6.45, 7) is 1.04. The molecule has 2 aromatic rings. The molecule has 1 aliphatic heterocycles. The molecule has 1 saturated heterocycles. The number of nitrogens with zero attached hydrogens (tertiary/aromatic N) is 4. The van der Waals surface area contributed by atoms with Crippen molar-refractivity contribution < 1.29 is 24.0 Å². The van der Waals surface area contributed by atoms with Crippen LogP contribution in [0, 0.1) is 0 Å². The minimum atomic E-state index is -0.952. The van der Waals surface area contributed by atoms with Gasteiger partial charge in [-0.1, -0.05) is 5.16 Å². The Balaban J connectivity index is 1.58. The molecular formula is C16H18N4O5. The Morgan fingerprint density at radius 2 is 2.12 bits per heavy atom. The molecule has 0 aromatic carbocycles. The molecule has 1 fully saturated rings. The van der Waals surface area contributed by atoms with E-state index in [9.17, 15) is 9.59 Å². The molecule has 132 valence electrons. The number of carbonyl (C=O) groups is 2. The summed E-state index contributed by atoms with van der Waals surface area (Å²) in [6.07, 6.45) is 3.62. The van der Waals surface area contributed by atoms with Gasteiger partial charge in [0, 0.05) is 37.3 Å². The summed E-state index contributed by atoms with van der Waals surface area (Å²) in [7, 11) is 0. The second-order valence-electron chi connectivity index (χ2n) is 5.66. The van der Waals surface area contributed by atoms with E-state index in [-0.39, 0.29) is 25.4 Å². The summed E-state index contributed by atoms with van der Waals surface area (Å²) < 4.78 is 10.5. The Hall–Kier alpha value is -2.81. The predicted molar refractivity (Wildman–Crippen MR) is 84.4 cm³/mol. The number of morpholine rings is 1. The number of hydrogen-bond donors (Lipinski definition) is 1. The Labute approximate surface area is 143 Å². The minimum Gasteiger partial charge on any atom is -0.481 e. The van der Waals surface area contributed by atoms with Crippen LogP contribution in [-0.4, -0.2) is 62.8 Å². The molecule has 1 N–H and O–H groups in total. The van der Waals surface area contributed by atoms with Gasteiger partial charge >= 0.3 is 5.97 Å². The van der Waals surface area contributed by atoms with E-state index in [1.807, 2.05) is 0 Å². The molecule has 3 rings (SSSR count). The first-order valence-corrected chi connectivity index (χ1v) is 7.95. The van der Waals surface area contributed by atoms with Crippen LogP contribution in [-0.2, 0) is 20.7 Å². The first kappa shape index (κ1) is 17.0. The van der Waals surface area contributed by atoms with Crippen LogP contribution < -0.4 is 0 Å². The first-order chi connectivity index (χ1) is 12.1. The lowest BCUT2D eigenvalue weighted by Crippen LogP contribution is -2.49. The molecule has 1 aliphatic rings. The van der Waals surface area contributed by atoms with Crippen molar-refractivity contribution >= 4 is 11.9 Å². The highest BCUT2D eigenvalue weighted by Crippen LogP contribution is 2.16. The number of amides is 1. The quantitative estimate of drug-likeness (QED) is 0.814. The van der Waals surface area contributed by atoms with E-state index < -0.39 is 12.0 Å². The third-order valence-corrected chi connectivity index (χ3v) is 3.92. The average Bonchev–Trinajstić information content (AvgIpc) is 3.09. The molecule has 25 heavy (non-hydrogen) atoms. The molecule has 0 spiro atoms. The van der Waals surface area contributed by atoms with Crippen LogP contribution in [0.5, 0.6) is 0 Å². The van der Waals surface area contributed by atoms with Gasteiger partial charge in [0.25, 0.3) is 0 Å². The van der Waals surface area contributed by atoms with Crippen LogP contribution in [0.15, 0.2) is 29.0 Å². The molecule has 0 radical (unpaired) electrons. The molecule has 1 amide bonds. The van der Waals surface area contributed by atoms with Crippen LogP contribution in [0.1, 0.15) is 18.7 Å². The lowest BCUT2D eigenvalue weighted by molar-refractivity contribution is -0.146. The molecule has 1 atom stereocenters. The van der Waals surface area contributed by atoms with E-state index in [1.54, 1.807) is 29.4 Å². The van der Waals surface area contributed by atoms with Crippen molar-refractivity contribution in [3.8, 4) is 11.4 Å². The molecule has 9 heteroatoms. The van der Waals surface area contributed by atoms with Crippen molar-refractivity contribution in [2.75, 3.05) is 19.8 Å². The van der Waals surface area contributed by atoms with E-state index in [1.165, 1.54) is 0 Å². The van der Waals surface area contributed by atoms with E-state index in [0.717, 1.165) is 5.56 Å². The van der Waals surface area contributed by atoms with Crippen LogP contribution in [0.25, 0.3) is 11.4 Å². The number of carboxylic acid groups (broad SMARTS) is 1. The smallest absolute Gasteiger partial charge is 0.305 e. The fraction of sp³-hybridized carbons (Fsp3) is 0.438. The number of aliphatic carboxylic acids is 1. The summed E-state index contributed by atoms with van der Waals surface area (Å²) in [5.41, 5.74) is 0.783. The van der Waals surface area contributed by atoms with Crippen molar-refractivity contribution in [2.24, 2.45) is 0 Å². The van der Waals surface area contributed by atoms with Crippen molar-refractivity contribution in [1.82, 2.24) is 20.0 Å². The maximum atomic E-state index is 12.4. The molecule has 9 nitrogen and oxygen atoms in total. The summed E-state index contributed by atoms with van der Waals surface area (Å²) in [4.78, 5) is 33.1. The number of pyridine rings is 1. The zero-order valence-corrected chi connectivity index (χ0v) is 13.5. The zero-order valence-electron chi connectivity index (χ0n) is 13.5. The van der Waals surface area contributed by atoms with Gasteiger partial charge in [0.15, 0.2) is 0 Å². The van der Waals surface area contributed by atoms with E-state index >= 15 is 0 Å². The van der Waals surface area contributed by atoms with Gasteiger partial charge < -0.3 is 19.3 Å². The lowest BCUT2D eigenvalue weighted by Gasteiger charge is -2.34. The molecular weight excluding hydrogens is 328 g/mol. The molecule has 2 aromatic heterocycles. The fourth-order valence-corrected chi connectivity index (χ4v) is 2.69. The molecule has 0 bridgehead atoms. The number of ether oxygens (including phenoxy) is 1. The van der Waals surface area contributed by atoms with Gasteiger partial charge in [0.05, 0.1) is 25.7 Å². The van der Waals surface area contributed by atoms with Gasteiger partial charge in [-0.25, -0.2) is 0 Å². The summed E-state index contributed by atoms with van der Waals surface area (Å²) in [6, 6.07) is 3.10. The summed E-state index contributed by atoms with van der Waals surface area (Å²) >= 11 is 0. The van der Waals surface area contributed by atoms with Crippen molar-refractivity contribution in [3.05, 3.63) is 30.4 Å². The Morgan fingerprint density at radius 1 is 1.32 bits per heavy atom. The lowest BCUT2D eigenvalue weighted by atomic mass is 10.1. The van der Waals surface area contributed by atoms with Crippen LogP contribution >= 0.6 is 0 Å². The van der Waals surface area contributed by atoms with Gasteiger partial charge in [-0.3, -0.25) is 14.6 Å². The molecule has 0 aliphatic carbocycles. The Morgan fingerprint density at radius 3 is 2.88 bits per heavy atom. The number of aryl methyl sites for hydroxylation is 1. The standard InChI is InChI=1S/C16H18N4O5/c21-14(20-7-8-24-10-12(20)9-15(22)23)2-1-13-18-16(19-25-13)11-3-5-17-6-4-11/h3-6,12H,1-2,7-10H2,(H,22,23). The summed E-state index contributed by atoms with van der Waals surface area (Å²) in [5, 5.41) is 12.8. The van der Waals surface area contributed by atoms with Gasteiger partial charge in [0.2, 0.25) is 17.6 Å². The summed E-state index contributed by atoms with van der Waals surface area (Å²) in [5.74, 6) is -0.284. The highest BCUT2D eigenvalue weighted by molar-refractivity contribution is 5.78. The van der Waals surface area contributed by atoms with Gasteiger partial charge in [0.1, 0.15) is 0 Å². The highest BCUT2D eigenvalue weighted by atomic mass is 16.5. The Bertz CT molecular complexity index is 733. The number of aromatic nitrogens is 3. The van der Waals surface area contributed by atoms with Gasteiger partial charge in [-0.05, 0) is 12.1 Å². The van der Waals surface area contributed by atoms with Crippen molar-refractivity contribution in [2.45, 2.75) is 25.3 Å². The number of rotatable bonds is 6. The van der Waals surface area contributed by atoms with Crippen molar-refractivity contribution in [1.29, 1.82) is 0 Å². The normalized spacial score (nSPS) is 17.4. The van der Waals surface area contributed by atoms with E-state index in [2.05, 4.69) is 15.1 Å². The second kappa shape index (κ2) is 7.84. The molecule has 1 unspecified atom stereocenters. The monoisotopic (exact) mass is 346 g/mol. The fourth-order valence-electron chi connectivity index (χ4n) is 2.69. The predicted octanol–water partition coefficient (Wildman–Crippen LogP) is 0.766. The van der Waals surface area contributed by atoms with Gasteiger partial charge in [-0.2, -0.15) is 4.98 Å². The third kappa shape index (κ3) is 4.38. The minimum absolute atomic E-state index is 0.126. The topological polar surface area (TPSA) is 119 Å². The second-order valence-corrected chi connectivity index (χ2v) is 5.66.